The van der Waals surface area contributed by atoms with Crippen LogP contribution in [0.25, 0.3) is 15.9 Å². The molecule has 3 aromatic carbocycles. The highest BCUT2D eigenvalue weighted by Crippen LogP contribution is 2.23. The third-order valence-electron chi connectivity index (χ3n) is 5.57. The van der Waals surface area contributed by atoms with Crippen molar-refractivity contribution in [1.82, 2.24) is 19.9 Å². The van der Waals surface area contributed by atoms with E-state index < -0.39 is 0 Å². The van der Waals surface area contributed by atoms with Crippen molar-refractivity contribution in [2.45, 2.75) is 25.8 Å². The number of amides is 1. The molecule has 1 unspecified atom stereocenters. The number of rotatable bonds is 7. The number of para-hydroxylation sites is 1. The topological polar surface area (TPSA) is 88.4 Å². The molecule has 1 atom stereocenters. The van der Waals surface area contributed by atoms with Crippen molar-refractivity contribution in [2.24, 2.45) is 0 Å². The van der Waals surface area contributed by atoms with Crippen LogP contribution in [0.3, 0.4) is 0 Å². The minimum atomic E-state index is -0.206. The first kappa shape index (κ1) is 21.8. The Morgan fingerprint density at radius 1 is 1.03 bits per heavy atom. The van der Waals surface area contributed by atoms with Gasteiger partial charge in [-0.25, -0.2) is 4.98 Å². The molecule has 8 heteroatoms. The van der Waals surface area contributed by atoms with E-state index in [9.17, 15) is 9.59 Å². The van der Waals surface area contributed by atoms with Crippen molar-refractivity contribution in [3.05, 3.63) is 100 Å². The summed E-state index contributed by atoms with van der Waals surface area (Å²) in [5, 5.41) is 11.7. The van der Waals surface area contributed by atoms with Gasteiger partial charge in [-0.15, -0.1) is 5.10 Å². The summed E-state index contributed by atoms with van der Waals surface area (Å²) in [7, 11) is 0. The average Bonchev–Trinajstić information content (AvgIpc) is 3.26. The van der Waals surface area contributed by atoms with Gasteiger partial charge in [-0.3, -0.25) is 9.59 Å². The zero-order valence-corrected chi connectivity index (χ0v) is 19.4. The lowest BCUT2D eigenvalue weighted by Gasteiger charge is -2.14. The zero-order chi connectivity index (χ0) is 23.5. The Hall–Kier alpha value is -4.04. The zero-order valence-electron chi connectivity index (χ0n) is 18.6. The number of carbonyl (C=O) groups excluding carboxylic acids is 1. The third kappa shape index (κ3) is 4.67. The average molecular weight is 470 g/mol. The summed E-state index contributed by atoms with van der Waals surface area (Å²) in [5.41, 5.74) is 2.96. The van der Waals surface area contributed by atoms with Crippen LogP contribution < -0.4 is 16.2 Å². The Labute approximate surface area is 200 Å². The van der Waals surface area contributed by atoms with Crippen LogP contribution in [0.15, 0.2) is 83.7 Å². The Morgan fingerprint density at radius 2 is 1.82 bits per heavy atom. The molecular weight excluding hydrogens is 446 g/mol. The van der Waals surface area contributed by atoms with Gasteiger partial charge in [0.2, 0.25) is 10.1 Å². The minimum absolute atomic E-state index is 0.0423. The highest BCUT2D eigenvalue weighted by molar-refractivity contribution is 7.20. The molecule has 2 aromatic heterocycles. The van der Waals surface area contributed by atoms with Crippen molar-refractivity contribution in [3.63, 3.8) is 0 Å². The second kappa shape index (κ2) is 9.44. The van der Waals surface area contributed by atoms with E-state index in [-0.39, 0.29) is 17.5 Å². The van der Waals surface area contributed by atoms with Crippen molar-refractivity contribution in [3.8, 4) is 0 Å². The Balaban J connectivity index is 1.28. The van der Waals surface area contributed by atoms with E-state index in [0.29, 0.717) is 32.2 Å². The maximum Gasteiger partial charge on any atom is 0.283 e. The molecule has 5 rings (SSSR count). The summed E-state index contributed by atoms with van der Waals surface area (Å²) in [6.07, 6.45) is 1.76. The molecule has 0 aliphatic rings. The van der Waals surface area contributed by atoms with Crippen LogP contribution in [0.2, 0.25) is 0 Å². The van der Waals surface area contributed by atoms with Gasteiger partial charge in [0, 0.05) is 17.3 Å². The summed E-state index contributed by atoms with van der Waals surface area (Å²) >= 11 is 1.28. The lowest BCUT2D eigenvalue weighted by atomic mass is 10.1. The molecule has 0 saturated heterocycles. The molecule has 5 aromatic rings. The normalized spacial score (nSPS) is 12.0. The fraction of sp³-hybridized carbons (Fsp3) is 0.154. The van der Waals surface area contributed by atoms with Crippen LogP contribution in [0.1, 0.15) is 29.3 Å². The van der Waals surface area contributed by atoms with Crippen molar-refractivity contribution < 1.29 is 4.79 Å². The largest absolute Gasteiger partial charge is 0.350 e. The van der Waals surface area contributed by atoms with E-state index in [0.717, 1.165) is 12.8 Å². The summed E-state index contributed by atoms with van der Waals surface area (Å²) in [5.74, 6) is -0.127. The van der Waals surface area contributed by atoms with E-state index in [4.69, 9.17) is 0 Å². The number of carbonyl (C=O) groups is 1. The second-order valence-electron chi connectivity index (χ2n) is 8.14. The van der Waals surface area contributed by atoms with E-state index in [2.05, 4.69) is 32.8 Å². The SMILES string of the molecule is CC(CCc1ccccc1)NC(=O)c1cccc(Nc2nn3c(=O)c4ccccc4nc3s2)c1. The van der Waals surface area contributed by atoms with Crippen LogP contribution in [-0.2, 0) is 6.42 Å². The lowest BCUT2D eigenvalue weighted by molar-refractivity contribution is 0.0938. The van der Waals surface area contributed by atoms with Gasteiger partial charge in [-0.05, 0) is 55.7 Å². The maximum atomic E-state index is 12.8. The van der Waals surface area contributed by atoms with E-state index in [1.807, 2.05) is 55.5 Å². The number of nitrogens with zero attached hydrogens (tertiary/aromatic N) is 3. The van der Waals surface area contributed by atoms with Crippen molar-refractivity contribution >= 4 is 43.9 Å². The molecule has 7 nitrogen and oxygen atoms in total. The van der Waals surface area contributed by atoms with Crippen molar-refractivity contribution in [1.29, 1.82) is 0 Å². The van der Waals surface area contributed by atoms with Crippen LogP contribution in [-0.4, -0.2) is 26.5 Å². The number of aromatic nitrogens is 3. The predicted octanol–water partition coefficient (Wildman–Crippen LogP) is 4.80. The first-order chi connectivity index (χ1) is 16.6. The first-order valence-electron chi connectivity index (χ1n) is 11.1. The molecule has 0 spiro atoms. The number of aryl methyl sites for hydroxylation is 1. The molecule has 0 bridgehead atoms. The molecule has 0 fully saturated rings. The molecule has 170 valence electrons. The van der Waals surface area contributed by atoms with Gasteiger partial charge < -0.3 is 10.6 Å². The summed E-state index contributed by atoms with van der Waals surface area (Å²) < 4.78 is 1.31. The molecule has 34 heavy (non-hydrogen) atoms. The summed E-state index contributed by atoms with van der Waals surface area (Å²) in [6.45, 7) is 2.01. The number of nitrogens with one attached hydrogen (secondary N) is 2. The van der Waals surface area contributed by atoms with Gasteiger partial charge in [-0.1, -0.05) is 59.9 Å². The monoisotopic (exact) mass is 469 g/mol. The molecule has 0 aliphatic carbocycles. The van der Waals surface area contributed by atoms with Crippen LogP contribution in [0.5, 0.6) is 0 Å². The molecule has 0 saturated carbocycles. The number of benzene rings is 3. The molecule has 2 N–H and O–H groups in total. The van der Waals surface area contributed by atoms with Gasteiger partial charge >= 0.3 is 0 Å². The number of anilines is 2. The fourth-order valence-electron chi connectivity index (χ4n) is 3.77. The van der Waals surface area contributed by atoms with Gasteiger partial charge in [-0.2, -0.15) is 4.52 Å². The summed E-state index contributed by atoms with van der Waals surface area (Å²) in [6, 6.07) is 24.7. The number of hydrogen-bond donors (Lipinski definition) is 2. The van der Waals surface area contributed by atoms with E-state index >= 15 is 0 Å². The van der Waals surface area contributed by atoms with Gasteiger partial charge in [0.25, 0.3) is 11.5 Å². The van der Waals surface area contributed by atoms with E-state index in [1.54, 1.807) is 18.2 Å². The number of fused-ring (bicyclic) bond motifs is 2. The van der Waals surface area contributed by atoms with Crippen LogP contribution >= 0.6 is 11.3 Å². The Kier molecular flexibility index (Phi) is 6.05. The van der Waals surface area contributed by atoms with Crippen molar-refractivity contribution in [2.75, 3.05) is 5.32 Å². The van der Waals surface area contributed by atoms with Crippen LogP contribution in [0.4, 0.5) is 10.8 Å². The lowest BCUT2D eigenvalue weighted by Crippen LogP contribution is -2.32. The highest BCUT2D eigenvalue weighted by Gasteiger charge is 2.13. The second-order valence-corrected chi connectivity index (χ2v) is 9.10. The minimum Gasteiger partial charge on any atom is -0.350 e. The highest BCUT2D eigenvalue weighted by atomic mass is 32.1. The molecule has 2 heterocycles. The molecule has 0 aliphatic heterocycles. The maximum absolute atomic E-state index is 12.8. The Bertz CT molecular complexity index is 1530. The quantitative estimate of drug-likeness (QED) is 0.358. The summed E-state index contributed by atoms with van der Waals surface area (Å²) in [4.78, 5) is 30.6. The van der Waals surface area contributed by atoms with Gasteiger partial charge in [0.1, 0.15) is 0 Å². The molecule has 0 radical (unpaired) electrons. The van der Waals surface area contributed by atoms with Gasteiger partial charge in [0.05, 0.1) is 10.9 Å². The predicted molar refractivity (Wildman–Crippen MR) is 136 cm³/mol. The van der Waals surface area contributed by atoms with E-state index in [1.165, 1.54) is 21.4 Å². The van der Waals surface area contributed by atoms with Crippen LogP contribution in [0, 0.1) is 0 Å². The van der Waals surface area contributed by atoms with Gasteiger partial charge in [0.15, 0.2) is 0 Å². The molecule has 1 amide bonds. The Morgan fingerprint density at radius 3 is 2.68 bits per heavy atom. The molecular formula is C26H23N5O2S. The number of hydrogen-bond acceptors (Lipinski definition) is 6. The first-order valence-corrected chi connectivity index (χ1v) is 11.9. The smallest absolute Gasteiger partial charge is 0.283 e. The fourth-order valence-corrected chi connectivity index (χ4v) is 4.59. The third-order valence-corrected chi connectivity index (χ3v) is 6.39. The standard InChI is InChI=1S/C26H23N5O2S/c1-17(14-15-18-8-3-2-4-9-18)27-23(32)19-10-7-11-20(16-19)28-25-30-31-24(33)21-12-5-6-13-22(21)29-26(31)34-25/h2-13,16-17H,14-15H2,1H3,(H,27,32)(H,28,30).